The average molecular weight is 434 g/mol. The van der Waals surface area contributed by atoms with E-state index in [0.717, 1.165) is 16.4 Å². The van der Waals surface area contributed by atoms with Crippen molar-refractivity contribution in [1.82, 2.24) is 0 Å². The molecule has 1 atom stereocenters. The van der Waals surface area contributed by atoms with Crippen molar-refractivity contribution in [3.63, 3.8) is 0 Å². The van der Waals surface area contributed by atoms with Crippen LogP contribution in [0, 0.1) is 5.82 Å². The topological polar surface area (TPSA) is 86.7 Å². The van der Waals surface area contributed by atoms with Gasteiger partial charge in [-0.15, -0.1) is 0 Å². The van der Waals surface area contributed by atoms with Gasteiger partial charge in [0.15, 0.2) is 0 Å². The first-order valence-corrected chi connectivity index (χ1v) is 9.74. The van der Waals surface area contributed by atoms with Gasteiger partial charge in [-0.05, 0) is 44.2 Å². The third-order valence-electron chi connectivity index (χ3n) is 4.10. The maximum absolute atomic E-state index is 14.3. The lowest BCUT2D eigenvalue weighted by Gasteiger charge is -2.25. The van der Waals surface area contributed by atoms with E-state index in [4.69, 9.17) is 0 Å². The number of benzene rings is 2. The van der Waals surface area contributed by atoms with Crippen LogP contribution in [0.4, 0.5) is 28.9 Å². The van der Waals surface area contributed by atoms with Gasteiger partial charge >= 0.3 is 6.18 Å². The Balaban J connectivity index is 2.35. The van der Waals surface area contributed by atoms with Gasteiger partial charge in [0, 0.05) is 6.54 Å². The van der Waals surface area contributed by atoms with Crippen LogP contribution >= 0.6 is 0 Å². The molecule has 1 amide bonds. The monoisotopic (exact) mass is 434 g/mol. The van der Waals surface area contributed by atoms with Crippen LogP contribution in [0.2, 0.25) is 0 Å². The number of para-hydroxylation sites is 1. The Morgan fingerprint density at radius 1 is 1.14 bits per heavy atom. The van der Waals surface area contributed by atoms with Gasteiger partial charge in [-0.2, -0.15) is 13.2 Å². The molecule has 2 rings (SSSR count). The first-order valence-electron chi connectivity index (χ1n) is 8.30. The Morgan fingerprint density at radius 3 is 2.21 bits per heavy atom. The summed E-state index contributed by atoms with van der Waals surface area (Å²) in [5.74, 6) is -3.18. The van der Waals surface area contributed by atoms with Crippen LogP contribution in [-0.4, -0.2) is 37.8 Å². The minimum absolute atomic E-state index is 0.0426. The molecule has 158 valence electrons. The smallest absolute Gasteiger partial charge is 0.373 e. The second-order valence-electron chi connectivity index (χ2n) is 6.17. The summed E-state index contributed by atoms with van der Waals surface area (Å²) in [4.78, 5) is 11.2. The van der Waals surface area contributed by atoms with Gasteiger partial charge in [0.2, 0.25) is 5.60 Å². The number of carbonyl (C=O) groups excluding carboxylic acids is 1. The predicted octanol–water partition coefficient (Wildman–Crippen LogP) is 3.29. The van der Waals surface area contributed by atoms with Crippen LogP contribution < -0.4 is 9.62 Å². The summed E-state index contributed by atoms with van der Waals surface area (Å²) in [6.45, 7) is 1.84. The highest BCUT2D eigenvalue weighted by Crippen LogP contribution is 2.32. The molecule has 0 unspecified atom stereocenters. The Kier molecular flexibility index (Phi) is 6.24. The molecule has 0 spiro atoms. The molecular weight excluding hydrogens is 416 g/mol. The average Bonchev–Trinajstić information content (AvgIpc) is 2.63. The van der Waals surface area contributed by atoms with E-state index >= 15 is 0 Å². The Morgan fingerprint density at radius 2 is 1.72 bits per heavy atom. The molecule has 0 saturated heterocycles. The molecule has 29 heavy (non-hydrogen) atoms. The molecule has 0 aromatic heterocycles. The minimum Gasteiger partial charge on any atom is -0.373 e. The zero-order chi connectivity index (χ0) is 22.0. The summed E-state index contributed by atoms with van der Waals surface area (Å²) in [6, 6.07) is 10.4. The number of nitrogens with one attached hydrogen (secondary N) is 1. The van der Waals surface area contributed by atoms with Crippen LogP contribution in [-0.2, 0) is 14.8 Å². The van der Waals surface area contributed by atoms with Crippen LogP contribution in [0.1, 0.15) is 13.8 Å². The fourth-order valence-corrected chi connectivity index (χ4v) is 3.83. The SMILES string of the molecule is CCN(c1ccccc1)S(=O)(=O)c1ccc(NC(=O)[C@@](C)(O)C(F)(F)F)c(F)c1. The van der Waals surface area contributed by atoms with Gasteiger partial charge in [-0.1, -0.05) is 18.2 Å². The molecule has 6 nitrogen and oxygen atoms in total. The lowest BCUT2D eigenvalue weighted by Crippen LogP contribution is -2.52. The molecule has 0 bridgehead atoms. The fourth-order valence-electron chi connectivity index (χ4n) is 2.34. The van der Waals surface area contributed by atoms with Crippen molar-refractivity contribution < 1.29 is 35.9 Å². The van der Waals surface area contributed by atoms with Gasteiger partial charge in [-0.25, -0.2) is 12.8 Å². The quantitative estimate of drug-likeness (QED) is 0.684. The molecule has 0 aliphatic heterocycles. The predicted molar refractivity (Wildman–Crippen MR) is 98.4 cm³/mol. The molecule has 2 aromatic carbocycles. The number of halogens is 4. The van der Waals surface area contributed by atoms with Gasteiger partial charge in [-0.3, -0.25) is 9.10 Å². The molecule has 0 aliphatic rings. The maximum Gasteiger partial charge on any atom is 0.426 e. The van der Waals surface area contributed by atoms with Crippen LogP contribution in [0.25, 0.3) is 0 Å². The molecule has 0 heterocycles. The third kappa shape index (κ3) is 4.51. The number of anilines is 2. The number of rotatable bonds is 6. The molecule has 0 aliphatic carbocycles. The summed E-state index contributed by atoms with van der Waals surface area (Å²) < 4.78 is 79.1. The number of nitrogens with zero attached hydrogens (tertiary/aromatic N) is 1. The molecular formula is C18H18F4N2O4S. The van der Waals surface area contributed by atoms with Gasteiger partial charge in [0.25, 0.3) is 15.9 Å². The van der Waals surface area contributed by atoms with Crippen molar-refractivity contribution in [2.75, 3.05) is 16.2 Å². The van der Waals surface area contributed by atoms with Gasteiger partial charge in [0.1, 0.15) is 5.82 Å². The molecule has 2 N–H and O–H groups in total. The van der Waals surface area contributed by atoms with Crippen LogP contribution in [0.5, 0.6) is 0 Å². The highest BCUT2D eigenvalue weighted by Gasteiger charge is 2.55. The number of alkyl halides is 3. The van der Waals surface area contributed by atoms with E-state index in [-0.39, 0.29) is 13.5 Å². The van der Waals surface area contributed by atoms with E-state index in [1.54, 1.807) is 42.6 Å². The van der Waals surface area contributed by atoms with Crippen molar-refractivity contribution in [3.8, 4) is 0 Å². The highest BCUT2D eigenvalue weighted by atomic mass is 32.2. The van der Waals surface area contributed by atoms with Crippen molar-refractivity contribution in [2.45, 2.75) is 30.5 Å². The lowest BCUT2D eigenvalue weighted by atomic mass is 10.1. The number of carbonyl (C=O) groups is 1. The number of hydrogen-bond donors (Lipinski definition) is 2. The highest BCUT2D eigenvalue weighted by molar-refractivity contribution is 7.92. The first kappa shape index (κ1) is 22.6. The van der Waals surface area contributed by atoms with Gasteiger partial charge < -0.3 is 10.4 Å². The standard InChI is InChI=1S/C18H18F4N2O4S/c1-3-24(12-7-5-4-6-8-12)29(27,28)13-9-10-15(14(19)11-13)23-16(25)17(2,26)18(20,21)22/h4-11,26H,3H2,1-2H3,(H,23,25)/t17-/m1/s1. The summed E-state index contributed by atoms with van der Waals surface area (Å²) in [6.07, 6.45) is -5.28. The molecule has 11 heteroatoms. The second kappa shape index (κ2) is 7.99. The Hall–Kier alpha value is -2.66. The van der Waals surface area contributed by atoms with Crippen LogP contribution in [0.15, 0.2) is 53.4 Å². The first-order chi connectivity index (χ1) is 13.3. The maximum atomic E-state index is 14.3. The molecule has 0 saturated carbocycles. The second-order valence-corrected chi connectivity index (χ2v) is 8.03. The third-order valence-corrected chi connectivity index (χ3v) is 6.00. The fraction of sp³-hybridized carbons (Fsp3) is 0.278. The van der Waals surface area contributed by atoms with Crippen molar-refractivity contribution in [2.24, 2.45) is 0 Å². The normalized spacial score (nSPS) is 14.2. The van der Waals surface area contributed by atoms with E-state index in [9.17, 15) is 35.9 Å². The molecule has 0 fully saturated rings. The number of hydrogen-bond acceptors (Lipinski definition) is 4. The summed E-state index contributed by atoms with van der Waals surface area (Å²) in [7, 11) is -4.17. The molecule has 2 aromatic rings. The zero-order valence-electron chi connectivity index (χ0n) is 15.4. The lowest BCUT2D eigenvalue weighted by molar-refractivity contribution is -0.242. The van der Waals surface area contributed by atoms with E-state index < -0.39 is 44.1 Å². The van der Waals surface area contributed by atoms with E-state index in [1.165, 1.54) is 0 Å². The Labute approximate surface area is 164 Å². The van der Waals surface area contributed by atoms with Gasteiger partial charge in [0.05, 0.1) is 16.3 Å². The zero-order valence-corrected chi connectivity index (χ0v) is 16.2. The van der Waals surface area contributed by atoms with Crippen molar-refractivity contribution in [1.29, 1.82) is 0 Å². The number of sulfonamides is 1. The largest absolute Gasteiger partial charge is 0.426 e. The Bertz CT molecular complexity index is 993. The van der Waals surface area contributed by atoms with Crippen LogP contribution in [0.3, 0.4) is 0 Å². The van der Waals surface area contributed by atoms with E-state index in [0.29, 0.717) is 11.8 Å². The number of amides is 1. The van der Waals surface area contributed by atoms with E-state index in [1.807, 2.05) is 0 Å². The van der Waals surface area contributed by atoms with Crippen molar-refractivity contribution >= 4 is 27.3 Å². The van der Waals surface area contributed by atoms with E-state index in [2.05, 4.69) is 0 Å². The number of aliphatic hydroxyl groups is 1. The molecule has 0 radical (unpaired) electrons. The summed E-state index contributed by atoms with van der Waals surface area (Å²) in [5, 5.41) is 10.9. The summed E-state index contributed by atoms with van der Waals surface area (Å²) >= 11 is 0. The summed E-state index contributed by atoms with van der Waals surface area (Å²) in [5.41, 5.74) is -4.12. The minimum atomic E-state index is -5.28. The van der Waals surface area contributed by atoms with Crippen molar-refractivity contribution in [3.05, 3.63) is 54.3 Å².